The Morgan fingerprint density at radius 3 is 3.27 bits per heavy atom. The van der Waals surface area contributed by atoms with Gasteiger partial charge < -0.3 is 5.32 Å². The summed E-state index contributed by atoms with van der Waals surface area (Å²) in [6.07, 6.45) is 1.86. The van der Waals surface area contributed by atoms with Crippen LogP contribution >= 0.6 is 24.0 Å². The molecule has 4 nitrogen and oxygen atoms in total. The molecule has 0 spiro atoms. The molecule has 80 valence electrons. The molecular weight excluding hydrogens is 230 g/mol. The highest BCUT2D eigenvalue weighted by Gasteiger charge is 2.16. The van der Waals surface area contributed by atoms with Crippen molar-refractivity contribution in [3.63, 3.8) is 0 Å². The van der Waals surface area contributed by atoms with E-state index in [0.717, 1.165) is 10.7 Å². The van der Waals surface area contributed by atoms with Gasteiger partial charge in [0.15, 0.2) is 4.96 Å². The van der Waals surface area contributed by atoms with Crippen molar-refractivity contribution in [2.75, 3.05) is 12.3 Å². The van der Waals surface area contributed by atoms with Crippen molar-refractivity contribution in [1.29, 1.82) is 0 Å². The van der Waals surface area contributed by atoms with Crippen molar-refractivity contribution in [3.8, 4) is 0 Å². The molecule has 2 rings (SSSR count). The van der Waals surface area contributed by atoms with Crippen molar-refractivity contribution < 1.29 is 4.79 Å². The Bertz CT molecular complexity index is 488. The average molecular weight is 241 g/mol. The van der Waals surface area contributed by atoms with Gasteiger partial charge in [-0.2, -0.15) is 12.6 Å². The number of hydrogen-bond donors (Lipinski definition) is 2. The summed E-state index contributed by atoms with van der Waals surface area (Å²) >= 11 is 5.56. The van der Waals surface area contributed by atoms with E-state index in [9.17, 15) is 4.79 Å². The molecule has 2 aromatic heterocycles. The number of rotatable bonds is 3. The van der Waals surface area contributed by atoms with E-state index in [4.69, 9.17) is 0 Å². The van der Waals surface area contributed by atoms with Gasteiger partial charge in [-0.3, -0.25) is 9.20 Å². The van der Waals surface area contributed by atoms with Crippen LogP contribution in [0.4, 0.5) is 0 Å². The maximum Gasteiger partial charge on any atom is 0.270 e. The fourth-order valence-corrected chi connectivity index (χ4v) is 2.29. The van der Waals surface area contributed by atoms with Gasteiger partial charge in [-0.25, -0.2) is 4.98 Å². The zero-order valence-electron chi connectivity index (χ0n) is 8.23. The lowest BCUT2D eigenvalue weighted by Crippen LogP contribution is -2.27. The van der Waals surface area contributed by atoms with Crippen LogP contribution in [0.5, 0.6) is 0 Å². The van der Waals surface area contributed by atoms with E-state index in [0.29, 0.717) is 18.0 Å². The number of thiazole rings is 1. The number of carbonyl (C=O) groups excluding carboxylic acids is 1. The lowest BCUT2D eigenvalue weighted by atomic mass is 10.3. The SMILES string of the molecule is Cc1nc2sccn2c1C(=O)NCCS. The minimum atomic E-state index is -0.0903. The predicted octanol–water partition coefficient (Wildman–Crippen LogP) is 1.36. The summed E-state index contributed by atoms with van der Waals surface area (Å²) < 4.78 is 1.81. The van der Waals surface area contributed by atoms with Crippen molar-refractivity contribution >= 4 is 34.8 Å². The van der Waals surface area contributed by atoms with Crippen molar-refractivity contribution in [2.24, 2.45) is 0 Å². The van der Waals surface area contributed by atoms with Gasteiger partial charge in [-0.05, 0) is 6.92 Å². The van der Waals surface area contributed by atoms with Crippen molar-refractivity contribution in [1.82, 2.24) is 14.7 Å². The number of amides is 1. The molecule has 0 radical (unpaired) electrons. The summed E-state index contributed by atoms with van der Waals surface area (Å²) in [5.74, 6) is 0.545. The van der Waals surface area contributed by atoms with Crippen LogP contribution in [0.15, 0.2) is 11.6 Å². The van der Waals surface area contributed by atoms with E-state index in [1.165, 1.54) is 11.3 Å². The average Bonchev–Trinajstić information content (AvgIpc) is 2.73. The lowest BCUT2D eigenvalue weighted by molar-refractivity contribution is 0.0950. The zero-order valence-corrected chi connectivity index (χ0v) is 9.94. The summed E-state index contributed by atoms with van der Waals surface area (Å²) in [6, 6.07) is 0. The zero-order chi connectivity index (χ0) is 10.8. The van der Waals surface area contributed by atoms with E-state index in [1.54, 1.807) is 0 Å². The van der Waals surface area contributed by atoms with Crippen LogP contribution in [0.3, 0.4) is 0 Å². The van der Waals surface area contributed by atoms with E-state index in [-0.39, 0.29) is 5.91 Å². The molecule has 0 unspecified atom stereocenters. The molecule has 0 fully saturated rings. The summed E-state index contributed by atoms with van der Waals surface area (Å²) in [4.78, 5) is 17.0. The number of nitrogens with one attached hydrogen (secondary N) is 1. The Balaban J connectivity index is 2.36. The molecule has 2 aromatic rings. The molecule has 1 amide bonds. The van der Waals surface area contributed by atoms with Gasteiger partial charge in [0.05, 0.1) is 5.69 Å². The quantitative estimate of drug-likeness (QED) is 0.797. The molecule has 0 aliphatic carbocycles. The first kappa shape index (κ1) is 10.5. The maximum atomic E-state index is 11.8. The van der Waals surface area contributed by atoms with Crippen LogP contribution in [0.25, 0.3) is 4.96 Å². The van der Waals surface area contributed by atoms with Crippen LogP contribution in [-0.4, -0.2) is 27.6 Å². The third-order valence-corrected chi connectivity index (χ3v) is 3.03. The molecule has 6 heteroatoms. The normalized spacial score (nSPS) is 10.8. The summed E-state index contributed by atoms with van der Waals surface area (Å²) in [7, 11) is 0. The fourth-order valence-electron chi connectivity index (χ4n) is 1.42. The van der Waals surface area contributed by atoms with E-state index >= 15 is 0 Å². The number of carbonyl (C=O) groups is 1. The first-order valence-electron chi connectivity index (χ1n) is 4.55. The van der Waals surface area contributed by atoms with Crippen molar-refractivity contribution in [2.45, 2.75) is 6.92 Å². The number of nitrogens with zero attached hydrogens (tertiary/aromatic N) is 2. The Morgan fingerprint density at radius 2 is 2.53 bits per heavy atom. The highest BCUT2D eigenvalue weighted by Crippen LogP contribution is 2.16. The molecule has 0 saturated heterocycles. The molecular formula is C9H11N3OS2. The Morgan fingerprint density at radius 1 is 1.73 bits per heavy atom. The van der Waals surface area contributed by atoms with Crippen LogP contribution in [0, 0.1) is 6.92 Å². The van der Waals surface area contributed by atoms with Gasteiger partial charge in [0.25, 0.3) is 5.91 Å². The van der Waals surface area contributed by atoms with Gasteiger partial charge in [-0.15, -0.1) is 11.3 Å². The number of hydrogen-bond acceptors (Lipinski definition) is 4. The fraction of sp³-hybridized carbons (Fsp3) is 0.333. The first-order chi connectivity index (χ1) is 7.24. The van der Waals surface area contributed by atoms with Gasteiger partial charge >= 0.3 is 0 Å². The van der Waals surface area contributed by atoms with E-state index in [2.05, 4.69) is 22.9 Å². The third-order valence-electron chi connectivity index (χ3n) is 2.05. The summed E-state index contributed by atoms with van der Waals surface area (Å²) in [6.45, 7) is 2.41. The molecule has 0 aliphatic rings. The number of imidazole rings is 1. The van der Waals surface area contributed by atoms with E-state index < -0.39 is 0 Å². The number of aryl methyl sites for hydroxylation is 1. The van der Waals surface area contributed by atoms with Crippen LogP contribution < -0.4 is 5.32 Å². The van der Waals surface area contributed by atoms with Crippen LogP contribution in [-0.2, 0) is 0 Å². The molecule has 0 saturated carbocycles. The molecule has 0 aromatic carbocycles. The third kappa shape index (κ3) is 1.87. The molecule has 0 atom stereocenters. The number of fused-ring (bicyclic) bond motifs is 1. The van der Waals surface area contributed by atoms with Gasteiger partial charge in [0.1, 0.15) is 5.69 Å². The smallest absolute Gasteiger partial charge is 0.270 e. The molecule has 2 heterocycles. The first-order valence-corrected chi connectivity index (χ1v) is 6.06. The second-order valence-electron chi connectivity index (χ2n) is 3.08. The lowest BCUT2D eigenvalue weighted by Gasteiger charge is -2.02. The predicted molar refractivity (Wildman–Crippen MR) is 64.0 cm³/mol. The summed E-state index contributed by atoms with van der Waals surface area (Å²) in [5.41, 5.74) is 1.38. The van der Waals surface area contributed by atoms with Gasteiger partial charge in [0.2, 0.25) is 0 Å². The molecule has 15 heavy (non-hydrogen) atoms. The van der Waals surface area contributed by atoms with Crippen LogP contribution in [0.2, 0.25) is 0 Å². The Hall–Kier alpha value is -1.01. The van der Waals surface area contributed by atoms with Gasteiger partial charge in [0, 0.05) is 23.9 Å². The Kier molecular flexibility index (Phi) is 2.97. The maximum absolute atomic E-state index is 11.8. The number of aromatic nitrogens is 2. The molecule has 1 N–H and O–H groups in total. The Labute approximate surface area is 96.7 Å². The highest BCUT2D eigenvalue weighted by atomic mass is 32.1. The highest BCUT2D eigenvalue weighted by molar-refractivity contribution is 7.80. The largest absolute Gasteiger partial charge is 0.350 e. The summed E-state index contributed by atoms with van der Waals surface area (Å²) in [5, 5.41) is 4.70. The van der Waals surface area contributed by atoms with Crippen LogP contribution in [0.1, 0.15) is 16.2 Å². The standard InChI is InChI=1S/C9H11N3OS2/c1-6-7(8(13)10-2-4-14)12-3-5-15-9(12)11-6/h3,5,14H,2,4H2,1H3,(H,10,13). The van der Waals surface area contributed by atoms with Crippen molar-refractivity contribution in [3.05, 3.63) is 23.0 Å². The topological polar surface area (TPSA) is 46.4 Å². The number of thiol groups is 1. The molecule has 0 aliphatic heterocycles. The monoisotopic (exact) mass is 241 g/mol. The second-order valence-corrected chi connectivity index (χ2v) is 4.40. The molecule has 0 bridgehead atoms. The minimum Gasteiger partial charge on any atom is -0.350 e. The van der Waals surface area contributed by atoms with Gasteiger partial charge in [-0.1, -0.05) is 0 Å². The van der Waals surface area contributed by atoms with E-state index in [1.807, 2.05) is 22.9 Å². The second kappa shape index (κ2) is 4.24. The minimum absolute atomic E-state index is 0.0903.